The number of nitrogens with zero attached hydrogens (tertiary/aromatic N) is 4. The predicted octanol–water partition coefficient (Wildman–Crippen LogP) is 2.29. The molecule has 0 radical (unpaired) electrons. The molecule has 28 heavy (non-hydrogen) atoms. The van der Waals surface area contributed by atoms with Crippen molar-refractivity contribution >= 4 is 15.8 Å². The molecule has 0 aliphatic rings. The van der Waals surface area contributed by atoms with Crippen molar-refractivity contribution < 1.29 is 8.42 Å². The number of aromatic nitrogens is 4. The molecule has 8 nitrogen and oxygen atoms in total. The Labute approximate surface area is 165 Å². The lowest BCUT2D eigenvalue weighted by atomic mass is 10.2. The Morgan fingerprint density at radius 3 is 2.50 bits per heavy atom. The third kappa shape index (κ3) is 4.55. The van der Waals surface area contributed by atoms with Crippen molar-refractivity contribution in [2.75, 3.05) is 18.4 Å². The summed E-state index contributed by atoms with van der Waals surface area (Å²) in [5.41, 5.74) is 3.51. The van der Waals surface area contributed by atoms with Gasteiger partial charge in [-0.25, -0.2) is 27.8 Å². The maximum Gasteiger partial charge on any atom is 0.240 e. The highest BCUT2D eigenvalue weighted by atomic mass is 32.2. The maximum atomic E-state index is 12.5. The van der Waals surface area contributed by atoms with E-state index in [2.05, 4.69) is 25.1 Å². The lowest BCUT2D eigenvalue weighted by Crippen LogP contribution is -2.29. The third-order valence-electron chi connectivity index (χ3n) is 4.24. The second-order valence-electron chi connectivity index (χ2n) is 6.69. The second-order valence-corrected chi connectivity index (χ2v) is 8.43. The average molecular weight is 401 g/mol. The van der Waals surface area contributed by atoms with Crippen LogP contribution in [0.3, 0.4) is 0 Å². The maximum absolute atomic E-state index is 12.5. The molecule has 2 N–H and O–H groups in total. The van der Waals surface area contributed by atoms with E-state index in [9.17, 15) is 8.42 Å². The molecule has 0 amide bonds. The van der Waals surface area contributed by atoms with E-state index in [0.29, 0.717) is 23.1 Å². The van der Waals surface area contributed by atoms with Crippen molar-refractivity contribution in [1.82, 2.24) is 24.5 Å². The zero-order chi connectivity index (χ0) is 20.3. The van der Waals surface area contributed by atoms with E-state index in [4.69, 9.17) is 0 Å². The quantitative estimate of drug-likeness (QED) is 0.590. The number of hydrogen-bond acceptors (Lipinski definition) is 6. The fourth-order valence-electron chi connectivity index (χ4n) is 2.87. The summed E-state index contributed by atoms with van der Waals surface area (Å²) in [6, 6.07) is 9.13. The molecule has 0 atom stereocenters. The van der Waals surface area contributed by atoms with E-state index in [0.717, 1.165) is 22.5 Å². The second kappa shape index (κ2) is 8.07. The van der Waals surface area contributed by atoms with Gasteiger partial charge in [0.15, 0.2) is 5.82 Å². The first-order chi connectivity index (χ1) is 13.3. The predicted molar refractivity (Wildman–Crippen MR) is 108 cm³/mol. The van der Waals surface area contributed by atoms with E-state index in [1.165, 1.54) is 6.33 Å². The summed E-state index contributed by atoms with van der Waals surface area (Å²) in [5, 5.41) is 7.52. The van der Waals surface area contributed by atoms with Crippen molar-refractivity contribution in [1.29, 1.82) is 0 Å². The van der Waals surface area contributed by atoms with E-state index in [-0.39, 0.29) is 6.54 Å². The molecule has 2 heterocycles. The van der Waals surface area contributed by atoms with E-state index >= 15 is 0 Å². The van der Waals surface area contributed by atoms with Crippen LogP contribution >= 0.6 is 0 Å². The Morgan fingerprint density at radius 1 is 1.00 bits per heavy atom. The van der Waals surface area contributed by atoms with Gasteiger partial charge >= 0.3 is 0 Å². The fourth-order valence-corrected chi connectivity index (χ4v) is 4.23. The zero-order valence-corrected chi connectivity index (χ0v) is 17.2. The van der Waals surface area contributed by atoms with Gasteiger partial charge in [-0.1, -0.05) is 12.1 Å². The minimum atomic E-state index is -3.56. The number of hydrogen-bond donors (Lipinski definition) is 2. The normalized spacial score (nSPS) is 11.6. The van der Waals surface area contributed by atoms with E-state index < -0.39 is 10.0 Å². The first kappa shape index (κ1) is 20.0. The van der Waals surface area contributed by atoms with Crippen LogP contribution in [-0.4, -0.2) is 41.3 Å². The van der Waals surface area contributed by atoms with Gasteiger partial charge in [0, 0.05) is 24.8 Å². The van der Waals surface area contributed by atoms with E-state index in [1.807, 2.05) is 39.0 Å². The highest BCUT2D eigenvalue weighted by Crippen LogP contribution is 2.16. The summed E-state index contributed by atoms with van der Waals surface area (Å²) in [7, 11) is -3.56. The molecule has 0 aliphatic carbocycles. The molecule has 1 aromatic carbocycles. The zero-order valence-electron chi connectivity index (χ0n) is 16.4. The Hall–Kier alpha value is -2.78. The van der Waals surface area contributed by atoms with Crippen molar-refractivity contribution in [2.45, 2.75) is 32.6 Å². The molecule has 0 saturated carbocycles. The minimum Gasteiger partial charge on any atom is -0.369 e. The monoisotopic (exact) mass is 400 g/mol. The minimum absolute atomic E-state index is 0.231. The van der Waals surface area contributed by atoms with Gasteiger partial charge in [-0.2, -0.15) is 5.10 Å². The average Bonchev–Trinajstić information content (AvgIpc) is 2.99. The van der Waals surface area contributed by atoms with Crippen LogP contribution in [0.15, 0.2) is 41.6 Å². The lowest BCUT2D eigenvalue weighted by molar-refractivity contribution is 0.582. The van der Waals surface area contributed by atoms with Crippen molar-refractivity contribution in [3.8, 4) is 5.82 Å². The number of sulfonamides is 1. The molecule has 0 unspecified atom stereocenters. The molecular weight excluding hydrogens is 376 g/mol. The molecule has 148 valence electrons. The molecule has 0 bridgehead atoms. The summed E-state index contributed by atoms with van der Waals surface area (Å²) in [5.74, 6) is 1.25. The molecular formula is C19H24N6O2S. The van der Waals surface area contributed by atoms with Gasteiger partial charge in [0.05, 0.1) is 10.6 Å². The van der Waals surface area contributed by atoms with Crippen LogP contribution in [-0.2, 0) is 10.0 Å². The first-order valence-electron chi connectivity index (χ1n) is 8.93. The summed E-state index contributed by atoms with van der Waals surface area (Å²) in [6.45, 7) is 8.15. The van der Waals surface area contributed by atoms with Crippen LogP contribution in [0.4, 0.5) is 5.82 Å². The number of rotatable bonds is 7. The summed E-state index contributed by atoms with van der Waals surface area (Å²) >= 11 is 0. The number of benzene rings is 1. The summed E-state index contributed by atoms with van der Waals surface area (Å²) in [4.78, 5) is 8.73. The van der Waals surface area contributed by atoms with Crippen LogP contribution in [0.2, 0.25) is 0 Å². The first-order valence-corrected chi connectivity index (χ1v) is 10.4. The Bertz CT molecular complexity index is 1090. The SMILES string of the molecule is Cc1ccc(C)c(S(=O)(=O)NCCNc2cc(-n3nc(C)cc3C)ncn2)c1. The smallest absolute Gasteiger partial charge is 0.240 e. The topological polar surface area (TPSA) is 102 Å². The molecule has 0 saturated heterocycles. The Kier molecular flexibility index (Phi) is 5.76. The van der Waals surface area contributed by atoms with Crippen LogP contribution in [0.25, 0.3) is 5.82 Å². The highest BCUT2D eigenvalue weighted by Gasteiger charge is 2.16. The number of anilines is 1. The number of aryl methyl sites for hydroxylation is 4. The van der Waals surface area contributed by atoms with Gasteiger partial charge < -0.3 is 5.32 Å². The fraction of sp³-hybridized carbons (Fsp3) is 0.316. The Balaban J connectivity index is 1.62. The van der Waals surface area contributed by atoms with Crippen LogP contribution < -0.4 is 10.0 Å². The highest BCUT2D eigenvalue weighted by molar-refractivity contribution is 7.89. The molecule has 3 aromatic rings. The van der Waals surface area contributed by atoms with Gasteiger partial charge in [-0.15, -0.1) is 0 Å². The van der Waals surface area contributed by atoms with Gasteiger partial charge in [0.25, 0.3) is 0 Å². The van der Waals surface area contributed by atoms with Crippen LogP contribution in [0.1, 0.15) is 22.5 Å². The van der Waals surface area contributed by atoms with Crippen LogP contribution in [0.5, 0.6) is 0 Å². The largest absolute Gasteiger partial charge is 0.369 e. The molecule has 3 rings (SSSR count). The third-order valence-corrected chi connectivity index (χ3v) is 5.84. The molecule has 0 spiro atoms. The summed E-state index contributed by atoms with van der Waals surface area (Å²) in [6.07, 6.45) is 1.45. The molecule has 0 fully saturated rings. The van der Waals surface area contributed by atoms with Crippen LogP contribution in [0, 0.1) is 27.7 Å². The van der Waals surface area contributed by atoms with E-state index in [1.54, 1.807) is 23.7 Å². The van der Waals surface area contributed by atoms with Crippen molar-refractivity contribution in [3.05, 3.63) is 59.2 Å². The van der Waals surface area contributed by atoms with Crippen molar-refractivity contribution in [3.63, 3.8) is 0 Å². The molecule has 0 aliphatic heterocycles. The standard InChI is InChI=1S/C19H24N6O2S/c1-13-5-6-14(2)17(9-13)28(26,27)23-8-7-20-18-11-19(22-12-21-18)25-16(4)10-15(3)24-25/h5-6,9-12,23H,7-8H2,1-4H3,(H,20,21,22). The van der Waals surface area contributed by atoms with Gasteiger partial charge in [-0.3, -0.25) is 0 Å². The van der Waals surface area contributed by atoms with Gasteiger partial charge in [0.2, 0.25) is 10.0 Å². The molecule has 9 heteroatoms. The number of nitrogens with one attached hydrogen (secondary N) is 2. The summed E-state index contributed by atoms with van der Waals surface area (Å²) < 4.78 is 29.4. The van der Waals surface area contributed by atoms with Gasteiger partial charge in [0.1, 0.15) is 12.1 Å². The lowest BCUT2D eigenvalue weighted by Gasteiger charge is -2.11. The van der Waals surface area contributed by atoms with Crippen molar-refractivity contribution in [2.24, 2.45) is 0 Å². The van der Waals surface area contributed by atoms with Gasteiger partial charge in [-0.05, 0) is 51.0 Å². The Morgan fingerprint density at radius 2 is 1.79 bits per heavy atom. The molecule has 2 aromatic heterocycles.